The van der Waals surface area contributed by atoms with Crippen LogP contribution in [-0.4, -0.2) is 22.5 Å². The molecule has 2 rings (SSSR count). The summed E-state index contributed by atoms with van der Waals surface area (Å²) in [7, 11) is 1.55. The fourth-order valence-electron chi connectivity index (χ4n) is 1.10. The first-order valence-corrected chi connectivity index (χ1v) is 3.70. The van der Waals surface area contributed by atoms with Crippen molar-refractivity contribution in [3.05, 3.63) is 28.6 Å². The highest BCUT2D eigenvalue weighted by molar-refractivity contribution is 5.78. The molecule has 1 aromatic heterocycles. The van der Waals surface area contributed by atoms with Crippen molar-refractivity contribution < 1.29 is 4.74 Å². The summed E-state index contributed by atoms with van der Waals surface area (Å²) in [6.07, 6.45) is 0. The number of aromatic amines is 1. The Morgan fingerprint density at radius 2 is 2.31 bits per heavy atom. The van der Waals surface area contributed by atoms with Gasteiger partial charge in [0.05, 0.1) is 12.5 Å². The van der Waals surface area contributed by atoms with Gasteiger partial charge in [0, 0.05) is 0 Å². The van der Waals surface area contributed by atoms with Crippen molar-refractivity contribution in [3.63, 3.8) is 0 Å². The molecule has 0 unspecified atom stereocenters. The van der Waals surface area contributed by atoms with Gasteiger partial charge in [-0.05, 0) is 18.2 Å². The van der Waals surface area contributed by atoms with E-state index < -0.39 is 0 Å². The van der Waals surface area contributed by atoms with E-state index in [4.69, 9.17) is 4.74 Å². The molecule has 0 bridgehead atoms. The summed E-state index contributed by atoms with van der Waals surface area (Å²) in [6.45, 7) is 0. The van der Waals surface area contributed by atoms with Gasteiger partial charge < -0.3 is 4.74 Å². The van der Waals surface area contributed by atoms with E-state index in [0.717, 1.165) is 0 Å². The largest absolute Gasteiger partial charge is 0.497 e. The third-order valence-corrected chi connectivity index (χ3v) is 1.76. The SMILES string of the molecule is COc1ccc2nn[nH]c(=O)c2c1. The van der Waals surface area contributed by atoms with Gasteiger partial charge in [0.1, 0.15) is 11.3 Å². The molecular weight excluding hydrogens is 170 g/mol. The van der Waals surface area contributed by atoms with Crippen molar-refractivity contribution >= 4 is 10.9 Å². The molecule has 0 fully saturated rings. The van der Waals surface area contributed by atoms with E-state index in [0.29, 0.717) is 16.7 Å². The van der Waals surface area contributed by atoms with Gasteiger partial charge in [0.25, 0.3) is 5.56 Å². The van der Waals surface area contributed by atoms with Gasteiger partial charge in [0.2, 0.25) is 0 Å². The van der Waals surface area contributed by atoms with Crippen LogP contribution in [0.25, 0.3) is 10.9 Å². The molecule has 0 saturated heterocycles. The van der Waals surface area contributed by atoms with Crippen LogP contribution in [0.4, 0.5) is 0 Å². The molecule has 2 aromatic rings. The summed E-state index contributed by atoms with van der Waals surface area (Å²) in [6, 6.07) is 5.05. The molecule has 1 heterocycles. The smallest absolute Gasteiger partial charge is 0.275 e. The first-order valence-electron chi connectivity index (χ1n) is 3.70. The van der Waals surface area contributed by atoms with Crippen LogP contribution < -0.4 is 10.3 Å². The summed E-state index contributed by atoms with van der Waals surface area (Å²) >= 11 is 0. The molecule has 0 spiro atoms. The average molecular weight is 177 g/mol. The van der Waals surface area contributed by atoms with Crippen LogP contribution in [0.5, 0.6) is 5.75 Å². The predicted octanol–water partition coefficient (Wildman–Crippen LogP) is 0.327. The van der Waals surface area contributed by atoms with Gasteiger partial charge in [-0.3, -0.25) is 4.79 Å². The molecule has 1 aromatic carbocycles. The molecule has 66 valence electrons. The fourth-order valence-corrected chi connectivity index (χ4v) is 1.10. The van der Waals surface area contributed by atoms with Crippen LogP contribution in [0.2, 0.25) is 0 Å². The highest BCUT2D eigenvalue weighted by Gasteiger charge is 2.00. The Bertz CT molecular complexity index is 492. The number of ether oxygens (including phenoxy) is 1. The zero-order valence-corrected chi connectivity index (χ0v) is 6.94. The van der Waals surface area contributed by atoms with Gasteiger partial charge in [-0.1, -0.05) is 5.21 Å². The summed E-state index contributed by atoms with van der Waals surface area (Å²) in [5.74, 6) is 0.631. The molecule has 0 saturated carbocycles. The lowest BCUT2D eigenvalue weighted by Gasteiger charge is -1.99. The standard InChI is InChI=1S/C8H7N3O2/c1-13-5-2-3-7-6(4-5)8(12)10-11-9-7/h2-4H,1H3,(H,9,10,12). The zero-order valence-electron chi connectivity index (χ0n) is 6.94. The molecule has 0 atom stereocenters. The van der Waals surface area contributed by atoms with Crippen molar-refractivity contribution in [1.29, 1.82) is 0 Å². The van der Waals surface area contributed by atoms with E-state index in [1.807, 2.05) is 0 Å². The van der Waals surface area contributed by atoms with E-state index in [9.17, 15) is 4.79 Å². The second-order valence-corrected chi connectivity index (χ2v) is 2.52. The summed E-state index contributed by atoms with van der Waals surface area (Å²) in [5.41, 5.74) is 0.299. The van der Waals surface area contributed by atoms with Crippen LogP contribution in [0.3, 0.4) is 0 Å². The number of methoxy groups -OCH3 is 1. The van der Waals surface area contributed by atoms with E-state index in [1.54, 1.807) is 25.3 Å². The van der Waals surface area contributed by atoms with Crippen molar-refractivity contribution in [3.8, 4) is 5.75 Å². The number of H-pyrrole nitrogens is 1. The first kappa shape index (κ1) is 7.72. The van der Waals surface area contributed by atoms with Crippen LogP contribution >= 0.6 is 0 Å². The zero-order chi connectivity index (χ0) is 9.26. The van der Waals surface area contributed by atoms with Crippen LogP contribution in [0.1, 0.15) is 0 Å². The minimum absolute atomic E-state index is 0.260. The van der Waals surface area contributed by atoms with E-state index >= 15 is 0 Å². The van der Waals surface area contributed by atoms with Crippen LogP contribution in [0, 0.1) is 0 Å². The Morgan fingerprint density at radius 3 is 3.08 bits per heavy atom. The molecule has 5 heteroatoms. The van der Waals surface area contributed by atoms with Crippen molar-refractivity contribution in [2.45, 2.75) is 0 Å². The fraction of sp³-hybridized carbons (Fsp3) is 0.125. The molecule has 0 aliphatic heterocycles. The van der Waals surface area contributed by atoms with Crippen molar-refractivity contribution in [2.75, 3.05) is 7.11 Å². The Hall–Kier alpha value is -1.91. The third kappa shape index (κ3) is 1.24. The second kappa shape index (κ2) is 2.85. The maximum absolute atomic E-state index is 11.2. The average Bonchev–Trinajstić information content (AvgIpc) is 2.18. The van der Waals surface area contributed by atoms with Crippen LogP contribution in [0.15, 0.2) is 23.0 Å². The number of hydrogen-bond acceptors (Lipinski definition) is 4. The lowest BCUT2D eigenvalue weighted by Crippen LogP contribution is -2.09. The summed E-state index contributed by atoms with van der Waals surface area (Å²) in [5, 5.41) is 9.93. The minimum Gasteiger partial charge on any atom is -0.497 e. The van der Waals surface area contributed by atoms with Gasteiger partial charge in [-0.2, -0.15) is 0 Å². The van der Waals surface area contributed by atoms with Crippen molar-refractivity contribution in [1.82, 2.24) is 15.4 Å². The highest BCUT2D eigenvalue weighted by atomic mass is 16.5. The second-order valence-electron chi connectivity index (χ2n) is 2.52. The normalized spacial score (nSPS) is 10.2. The number of nitrogens with one attached hydrogen (secondary N) is 1. The maximum atomic E-state index is 11.2. The Kier molecular flexibility index (Phi) is 1.70. The molecule has 0 radical (unpaired) electrons. The van der Waals surface area contributed by atoms with E-state index in [-0.39, 0.29) is 5.56 Å². The Labute approximate surface area is 73.3 Å². The number of rotatable bonds is 1. The molecule has 5 nitrogen and oxygen atoms in total. The van der Waals surface area contributed by atoms with Gasteiger partial charge in [-0.25, -0.2) is 5.10 Å². The number of fused-ring (bicyclic) bond motifs is 1. The predicted molar refractivity (Wildman–Crippen MR) is 46.7 cm³/mol. The lowest BCUT2D eigenvalue weighted by atomic mass is 10.2. The maximum Gasteiger partial charge on any atom is 0.275 e. The minimum atomic E-state index is -0.260. The van der Waals surface area contributed by atoms with Crippen LogP contribution in [-0.2, 0) is 0 Å². The molecule has 0 amide bonds. The third-order valence-electron chi connectivity index (χ3n) is 1.76. The summed E-state index contributed by atoms with van der Waals surface area (Å²) < 4.78 is 4.98. The van der Waals surface area contributed by atoms with Gasteiger partial charge in [0.15, 0.2) is 0 Å². The first-order chi connectivity index (χ1) is 6.31. The molecule has 0 aliphatic carbocycles. The quantitative estimate of drug-likeness (QED) is 0.681. The molecule has 1 N–H and O–H groups in total. The highest BCUT2D eigenvalue weighted by Crippen LogP contribution is 2.14. The van der Waals surface area contributed by atoms with Gasteiger partial charge >= 0.3 is 0 Å². The van der Waals surface area contributed by atoms with Crippen molar-refractivity contribution in [2.24, 2.45) is 0 Å². The Morgan fingerprint density at radius 1 is 1.46 bits per heavy atom. The topological polar surface area (TPSA) is 67.9 Å². The monoisotopic (exact) mass is 177 g/mol. The Balaban J connectivity index is 2.82. The van der Waals surface area contributed by atoms with E-state index in [2.05, 4.69) is 15.4 Å². The summed E-state index contributed by atoms with van der Waals surface area (Å²) in [4.78, 5) is 11.2. The van der Waals surface area contributed by atoms with Gasteiger partial charge in [-0.15, -0.1) is 5.10 Å². The van der Waals surface area contributed by atoms with E-state index in [1.165, 1.54) is 0 Å². The number of hydrogen-bond donors (Lipinski definition) is 1. The number of nitrogens with zero attached hydrogens (tertiary/aromatic N) is 2. The lowest BCUT2D eigenvalue weighted by molar-refractivity contribution is 0.415. The molecule has 13 heavy (non-hydrogen) atoms. The molecule has 0 aliphatic rings. The number of aromatic nitrogens is 3. The number of benzene rings is 1. The molecular formula is C8H7N3O2.